The summed E-state index contributed by atoms with van der Waals surface area (Å²) >= 11 is 0. The van der Waals surface area contributed by atoms with Crippen LogP contribution in [0.1, 0.15) is 32.6 Å². The third-order valence-corrected chi connectivity index (χ3v) is 4.89. The topological polar surface area (TPSA) is 72.3 Å². The second-order valence-electron chi connectivity index (χ2n) is 5.87. The van der Waals surface area contributed by atoms with Gasteiger partial charge in [0.1, 0.15) is 5.76 Å². The molecule has 0 saturated heterocycles. The number of allylic oxidation sites excluding steroid dienone is 2. The van der Waals surface area contributed by atoms with Gasteiger partial charge in [-0.15, -0.1) is 6.58 Å². The van der Waals surface area contributed by atoms with Crippen LogP contribution in [0.4, 0.5) is 0 Å². The van der Waals surface area contributed by atoms with E-state index in [1.165, 1.54) is 12.8 Å². The van der Waals surface area contributed by atoms with Crippen LogP contribution in [0.15, 0.2) is 36.3 Å². The van der Waals surface area contributed by atoms with Crippen molar-refractivity contribution in [3.05, 3.63) is 36.3 Å². The van der Waals surface area contributed by atoms with Crippen LogP contribution >= 0.6 is 0 Å². The standard InChI is InChI=1S/C15H24N2O/c1-3-10-4-6-11(7-5-10)15(2)9-8-12(18)13(16)14(15)17/h3,8-11,14,18H,1,4-7,16-17H2,2H3/t10?,11?,14?,15-/m1/s1. The molecule has 0 bridgehead atoms. The van der Waals surface area contributed by atoms with E-state index < -0.39 is 0 Å². The lowest BCUT2D eigenvalue weighted by atomic mass is 9.62. The average molecular weight is 248 g/mol. The molecule has 2 rings (SSSR count). The molecule has 2 aliphatic carbocycles. The maximum atomic E-state index is 9.63. The molecule has 3 heteroatoms. The molecule has 18 heavy (non-hydrogen) atoms. The molecular weight excluding hydrogens is 224 g/mol. The Balaban J connectivity index is 2.14. The molecule has 5 N–H and O–H groups in total. The molecule has 1 saturated carbocycles. The zero-order valence-electron chi connectivity index (χ0n) is 11.1. The zero-order chi connectivity index (χ0) is 13.3. The lowest BCUT2D eigenvalue weighted by molar-refractivity contribution is 0.148. The van der Waals surface area contributed by atoms with Crippen molar-refractivity contribution < 1.29 is 5.11 Å². The van der Waals surface area contributed by atoms with Crippen LogP contribution in [0.2, 0.25) is 0 Å². The highest BCUT2D eigenvalue weighted by atomic mass is 16.3. The molecule has 1 fully saturated rings. The van der Waals surface area contributed by atoms with Crippen molar-refractivity contribution in [1.82, 2.24) is 0 Å². The minimum atomic E-state index is -0.284. The SMILES string of the molecule is C=CC1CCC([C@@]2(C)C=CC(O)=C(N)C2N)CC1. The fourth-order valence-corrected chi connectivity index (χ4v) is 3.32. The van der Waals surface area contributed by atoms with Gasteiger partial charge in [0, 0.05) is 5.41 Å². The number of aliphatic hydroxyl groups is 1. The average Bonchev–Trinajstić information content (AvgIpc) is 2.41. The summed E-state index contributed by atoms with van der Waals surface area (Å²) in [6, 6.07) is -0.284. The smallest absolute Gasteiger partial charge is 0.135 e. The van der Waals surface area contributed by atoms with Crippen molar-refractivity contribution in [2.75, 3.05) is 0 Å². The summed E-state index contributed by atoms with van der Waals surface area (Å²) in [7, 11) is 0. The van der Waals surface area contributed by atoms with Crippen molar-refractivity contribution in [3.8, 4) is 0 Å². The molecular formula is C15H24N2O. The van der Waals surface area contributed by atoms with Crippen LogP contribution in [-0.4, -0.2) is 11.1 Å². The molecule has 2 aliphatic rings. The van der Waals surface area contributed by atoms with Crippen molar-refractivity contribution in [1.29, 1.82) is 0 Å². The van der Waals surface area contributed by atoms with Crippen molar-refractivity contribution in [3.63, 3.8) is 0 Å². The van der Waals surface area contributed by atoms with E-state index in [1.54, 1.807) is 6.08 Å². The summed E-state index contributed by atoms with van der Waals surface area (Å²) in [6.07, 6.45) is 10.5. The Morgan fingerprint density at radius 1 is 1.39 bits per heavy atom. The molecule has 3 nitrogen and oxygen atoms in total. The summed E-state index contributed by atoms with van der Waals surface area (Å²) in [5, 5.41) is 9.63. The van der Waals surface area contributed by atoms with Crippen molar-refractivity contribution >= 4 is 0 Å². The predicted molar refractivity (Wildman–Crippen MR) is 74.7 cm³/mol. The molecule has 100 valence electrons. The van der Waals surface area contributed by atoms with Gasteiger partial charge < -0.3 is 16.6 Å². The fourth-order valence-electron chi connectivity index (χ4n) is 3.32. The second-order valence-corrected chi connectivity index (χ2v) is 5.87. The van der Waals surface area contributed by atoms with Crippen LogP contribution in [0, 0.1) is 17.3 Å². The molecule has 0 amide bonds. The molecule has 0 aliphatic heterocycles. The summed E-state index contributed by atoms with van der Waals surface area (Å²) in [4.78, 5) is 0. The van der Waals surface area contributed by atoms with Crippen molar-refractivity contribution in [2.24, 2.45) is 28.7 Å². The summed E-state index contributed by atoms with van der Waals surface area (Å²) in [5.41, 5.74) is 12.4. The molecule has 0 aromatic heterocycles. The number of aliphatic hydroxyl groups excluding tert-OH is 1. The first-order valence-corrected chi connectivity index (χ1v) is 6.75. The Hall–Kier alpha value is -1.22. The maximum absolute atomic E-state index is 9.63. The van der Waals surface area contributed by atoms with Gasteiger partial charge in [-0.3, -0.25) is 0 Å². The van der Waals surface area contributed by atoms with Crippen molar-refractivity contribution in [2.45, 2.75) is 38.6 Å². The molecule has 2 atom stereocenters. The third-order valence-electron chi connectivity index (χ3n) is 4.89. The highest BCUT2D eigenvalue weighted by Gasteiger charge is 2.42. The first-order valence-electron chi connectivity index (χ1n) is 6.75. The summed E-state index contributed by atoms with van der Waals surface area (Å²) < 4.78 is 0. The number of nitrogens with two attached hydrogens (primary N) is 2. The van der Waals surface area contributed by atoms with Gasteiger partial charge in [-0.05, 0) is 43.6 Å². The van der Waals surface area contributed by atoms with E-state index in [0.717, 1.165) is 12.8 Å². The Morgan fingerprint density at radius 3 is 2.56 bits per heavy atom. The van der Waals surface area contributed by atoms with Gasteiger partial charge in [-0.1, -0.05) is 19.1 Å². The Kier molecular flexibility index (Phi) is 3.53. The zero-order valence-corrected chi connectivity index (χ0v) is 11.1. The summed E-state index contributed by atoms with van der Waals surface area (Å²) in [6.45, 7) is 6.04. The normalized spacial score (nSPS) is 40.9. The monoisotopic (exact) mass is 248 g/mol. The lowest BCUT2D eigenvalue weighted by Crippen LogP contribution is -2.49. The van der Waals surface area contributed by atoms with Gasteiger partial charge in [0.25, 0.3) is 0 Å². The third kappa shape index (κ3) is 2.07. The highest BCUT2D eigenvalue weighted by Crippen LogP contribution is 2.45. The van der Waals surface area contributed by atoms with Crippen LogP contribution in [0.5, 0.6) is 0 Å². The molecule has 1 unspecified atom stereocenters. The van der Waals surface area contributed by atoms with E-state index in [4.69, 9.17) is 11.5 Å². The minimum Gasteiger partial charge on any atom is -0.506 e. The largest absolute Gasteiger partial charge is 0.506 e. The Bertz CT molecular complexity index is 391. The first kappa shape index (κ1) is 13.2. The van der Waals surface area contributed by atoms with Gasteiger partial charge in [-0.25, -0.2) is 0 Å². The minimum absolute atomic E-state index is 0.125. The van der Waals surface area contributed by atoms with E-state index in [2.05, 4.69) is 19.6 Å². The molecule has 0 aromatic carbocycles. The summed E-state index contributed by atoms with van der Waals surface area (Å²) in [5.74, 6) is 1.31. The first-order chi connectivity index (χ1) is 8.49. The van der Waals surface area contributed by atoms with Gasteiger partial charge >= 0.3 is 0 Å². The van der Waals surface area contributed by atoms with Gasteiger partial charge in [0.05, 0.1) is 11.7 Å². The number of rotatable bonds is 2. The van der Waals surface area contributed by atoms with E-state index in [0.29, 0.717) is 17.5 Å². The van der Waals surface area contributed by atoms with E-state index >= 15 is 0 Å². The van der Waals surface area contributed by atoms with Crippen LogP contribution in [0.25, 0.3) is 0 Å². The quantitative estimate of drug-likeness (QED) is 0.658. The molecule has 0 radical (unpaired) electrons. The fraction of sp³-hybridized carbons (Fsp3) is 0.600. The predicted octanol–water partition coefficient (Wildman–Crippen LogP) is 2.61. The number of hydrogen-bond acceptors (Lipinski definition) is 3. The molecule has 0 spiro atoms. The number of hydrogen-bond donors (Lipinski definition) is 3. The van der Waals surface area contributed by atoms with Gasteiger partial charge in [0.15, 0.2) is 0 Å². The lowest BCUT2D eigenvalue weighted by Gasteiger charge is -2.44. The molecule has 0 aromatic rings. The highest BCUT2D eigenvalue weighted by molar-refractivity contribution is 5.32. The maximum Gasteiger partial charge on any atom is 0.135 e. The van der Waals surface area contributed by atoms with E-state index in [9.17, 15) is 5.11 Å². The van der Waals surface area contributed by atoms with E-state index in [1.807, 2.05) is 6.08 Å². The van der Waals surface area contributed by atoms with Gasteiger partial charge in [0.2, 0.25) is 0 Å². The second kappa shape index (κ2) is 4.81. The van der Waals surface area contributed by atoms with Crippen LogP contribution in [-0.2, 0) is 0 Å². The van der Waals surface area contributed by atoms with E-state index in [-0.39, 0.29) is 17.2 Å². The van der Waals surface area contributed by atoms with Crippen LogP contribution in [0.3, 0.4) is 0 Å². The Labute approximate surface area is 109 Å². The van der Waals surface area contributed by atoms with Gasteiger partial charge in [-0.2, -0.15) is 0 Å². The molecule has 0 heterocycles. The Morgan fingerprint density at radius 2 is 2.00 bits per heavy atom. The van der Waals surface area contributed by atoms with Crippen LogP contribution < -0.4 is 11.5 Å².